The third kappa shape index (κ3) is 2.73. The van der Waals surface area contributed by atoms with Crippen molar-refractivity contribution in [2.75, 3.05) is 13.6 Å². The molecule has 0 fully saturated rings. The lowest BCUT2D eigenvalue weighted by molar-refractivity contribution is 0.0504. The van der Waals surface area contributed by atoms with Crippen molar-refractivity contribution in [1.82, 2.24) is 5.32 Å². The third-order valence-electron chi connectivity index (χ3n) is 4.14. The molecule has 21 heavy (non-hydrogen) atoms. The molecule has 3 rings (SSSR count). The Morgan fingerprint density at radius 3 is 2.67 bits per heavy atom. The van der Waals surface area contributed by atoms with Gasteiger partial charge in [0.1, 0.15) is 0 Å². The summed E-state index contributed by atoms with van der Waals surface area (Å²) in [6.45, 7) is 2.73. The third-order valence-corrected chi connectivity index (χ3v) is 5.78. The summed E-state index contributed by atoms with van der Waals surface area (Å²) < 4.78 is 0. The van der Waals surface area contributed by atoms with E-state index in [2.05, 4.69) is 60.8 Å². The zero-order chi connectivity index (χ0) is 14.9. The Morgan fingerprint density at radius 1 is 1.19 bits per heavy atom. The van der Waals surface area contributed by atoms with Crippen LogP contribution < -0.4 is 5.32 Å². The van der Waals surface area contributed by atoms with Crippen LogP contribution in [-0.4, -0.2) is 24.3 Å². The summed E-state index contributed by atoms with van der Waals surface area (Å²) in [6, 6.07) is 16.8. The van der Waals surface area contributed by atoms with Gasteiger partial charge in [-0.15, -0.1) is 11.8 Å². The average molecular weight is 299 g/mol. The number of likely N-dealkylation sites (N-methyl/N-ethyl adjacent to an activating group) is 1. The van der Waals surface area contributed by atoms with Crippen LogP contribution in [0.25, 0.3) is 0 Å². The summed E-state index contributed by atoms with van der Waals surface area (Å²) in [5, 5.41) is 14.4. The second kappa shape index (κ2) is 5.84. The minimum absolute atomic E-state index is 0.0715. The fraction of sp³-hybridized carbons (Fsp3) is 0.333. The highest BCUT2D eigenvalue weighted by molar-refractivity contribution is 7.99. The van der Waals surface area contributed by atoms with Gasteiger partial charge in [0.05, 0.1) is 10.9 Å². The van der Waals surface area contributed by atoms with Crippen molar-refractivity contribution in [3.63, 3.8) is 0 Å². The molecule has 2 nitrogen and oxygen atoms in total. The monoisotopic (exact) mass is 299 g/mol. The Bertz CT molecular complexity index is 643. The Balaban J connectivity index is 1.98. The van der Waals surface area contributed by atoms with E-state index in [-0.39, 0.29) is 5.25 Å². The Kier molecular flexibility index (Phi) is 4.07. The SMILES string of the molecule is CNC[C@@]1(O)Cc2ccccc2[C@H]1Sc1ccccc1C. The number of nitrogens with one attached hydrogen (secondary N) is 1. The van der Waals surface area contributed by atoms with Crippen molar-refractivity contribution in [3.05, 3.63) is 65.2 Å². The van der Waals surface area contributed by atoms with Gasteiger partial charge < -0.3 is 10.4 Å². The van der Waals surface area contributed by atoms with Crippen molar-refractivity contribution in [2.45, 2.75) is 29.1 Å². The molecule has 0 spiro atoms. The summed E-state index contributed by atoms with van der Waals surface area (Å²) in [6.07, 6.45) is 0.716. The van der Waals surface area contributed by atoms with Crippen LogP contribution >= 0.6 is 11.8 Å². The van der Waals surface area contributed by atoms with Gasteiger partial charge in [-0.2, -0.15) is 0 Å². The van der Waals surface area contributed by atoms with Crippen LogP contribution in [0.4, 0.5) is 0 Å². The maximum absolute atomic E-state index is 11.1. The molecule has 0 amide bonds. The molecule has 0 aliphatic heterocycles. The minimum atomic E-state index is -0.731. The fourth-order valence-corrected chi connectivity index (χ4v) is 4.52. The maximum Gasteiger partial charge on any atom is 0.0973 e. The first-order chi connectivity index (χ1) is 10.1. The zero-order valence-electron chi connectivity index (χ0n) is 12.5. The molecule has 2 aromatic rings. The van der Waals surface area contributed by atoms with Gasteiger partial charge in [-0.1, -0.05) is 42.5 Å². The first-order valence-electron chi connectivity index (χ1n) is 7.31. The second-order valence-corrected chi connectivity index (χ2v) is 6.92. The molecule has 0 saturated carbocycles. The van der Waals surface area contributed by atoms with Gasteiger partial charge in [0.2, 0.25) is 0 Å². The summed E-state index contributed by atoms with van der Waals surface area (Å²) in [7, 11) is 1.90. The number of hydrogen-bond acceptors (Lipinski definition) is 3. The van der Waals surface area contributed by atoms with E-state index >= 15 is 0 Å². The van der Waals surface area contributed by atoms with Crippen LogP contribution in [0.3, 0.4) is 0 Å². The van der Waals surface area contributed by atoms with Crippen LogP contribution in [0.5, 0.6) is 0 Å². The smallest absolute Gasteiger partial charge is 0.0973 e. The van der Waals surface area contributed by atoms with Gasteiger partial charge in [0, 0.05) is 17.9 Å². The molecule has 0 saturated heterocycles. The van der Waals surface area contributed by atoms with Gasteiger partial charge in [-0.3, -0.25) is 0 Å². The van der Waals surface area contributed by atoms with Gasteiger partial charge >= 0.3 is 0 Å². The van der Waals surface area contributed by atoms with Crippen LogP contribution in [0, 0.1) is 6.92 Å². The standard InChI is InChI=1S/C18H21NOS/c1-13-7-3-6-10-16(13)21-17-15-9-5-4-8-14(15)11-18(17,20)12-19-2/h3-10,17,19-20H,11-12H2,1-2H3/t17-,18+/m1/s1. The van der Waals surface area contributed by atoms with E-state index in [4.69, 9.17) is 0 Å². The molecule has 2 atom stereocenters. The first-order valence-corrected chi connectivity index (χ1v) is 8.19. The zero-order valence-corrected chi connectivity index (χ0v) is 13.3. The fourth-order valence-electron chi connectivity index (χ4n) is 3.11. The number of aryl methyl sites for hydroxylation is 1. The number of benzene rings is 2. The summed E-state index contributed by atoms with van der Waals surface area (Å²) in [5.41, 5.74) is 3.06. The molecular weight excluding hydrogens is 278 g/mol. The van der Waals surface area contributed by atoms with Gasteiger partial charge in [0.25, 0.3) is 0 Å². The molecule has 0 bridgehead atoms. The average Bonchev–Trinajstić information content (AvgIpc) is 2.74. The van der Waals surface area contributed by atoms with Crippen molar-refractivity contribution >= 4 is 11.8 Å². The van der Waals surface area contributed by atoms with E-state index in [0.29, 0.717) is 13.0 Å². The quantitative estimate of drug-likeness (QED) is 0.908. The van der Waals surface area contributed by atoms with Gasteiger partial charge in [-0.05, 0) is 36.7 Å². The Labute approximate surface area is 130 Å². The highest BCUT2D eigenvalue weighted by atomic mass is 32.2. The maximum atomic E-state index is 11.1. The second-order valence-electron chi connectivity index (χ2n) is 5.77. The molecule has 1 aliphatic carbocycles. The van der Waals surface area contributed by atoms with E-state index < -0.39 is 5.60 Å². The minimum Gasteiger partial charge on any atom is -0.387 e. The van der Waals surface area contributed by atoms with Crippen LogP contribution in [0.1, 0.15) is 21.9 Å². The molecule has 0 heterocycles. The number of aliphatic hydroxyl groups is 1. The van der Waals surface area contributed by atoms with Gasteiger partial charge in [0.15, 0.2) is 0 Å². The van der Waals surface area contributed by atoms with E-state index in [9.17, 15) is 5.11 Å². The highest BCUT2D eigenvalue weighted by Gasteiger charge is 2.44. The molecule has 2 N–H and O–H groups in total. The molecule has 0 aromatic heterocycles. The highest BCUT2D eigenvalue weighted by Crippen LogP contribution is 2.50. The Morgan fingerprint density at radius 2 is 1.90 bits per heavy atom. The van der Waals surface area contributed by atoms with Crippen LogP contribution in [0.15, 0.2) is 53.4 Å². The molecule has 2 aromatic carbocycles. The predicted octanol–water partition coefficient (Wildman–Crippen LogP) is 3.34. The first kappa shape index (κ1) is 14.6. The summed E-state index contributed by atoms with van der Waals surface area (Å²) >= 11 is 1.78. The topological polar surface area (TPSA) is 32.3 Å². The van der Waals surface area contributed by atoms with E-state index in [1.807, 2.05) is 7.05 Å². The lowest BCUT2D eigenvalue weighted by Crippen LogP contribution is -2.42. The molecule has 3 heteroatoms. The van der Waals surface area contributed by atoms with E-state index in [0.717, 1.165) is 0 Å². The van der Waals surface area contributed by atoms with Crippen molar-refractivity contribution < 1.29 is 5.11 Å². The van der Waals surface area contributed by atoms with Crippen molar-refractivity contribution in [2.24, 2.45) is 0 Å². The van der Waals surface area contributed by atoms with Crippen LogP contribution in [-0.2, 0) is 6.42 Å². The van der Waals surface area contributed by atoms with Crippen molar-refractivity contribution in [3.8, 4) is 0 Å². The molecule has 110 valence electrons. The van der Waals surface area contributed by atoms with Crippen LogP contribution in [0.2, 0.25) is 0 Å². The van der Waals surface area contributed by atoms with Gasteiger partial charge in [-0.25, -0.2) is 0 Å². The summed E-state index contributed by atoms with van der Waals surface area (Å²) in [5.74, 6) is 0. The molecule has 1 aliphatic rings. The number of hydrogen-bond donors (Lipinski definition) is 2. The summed E-state index contributed by atoms with van der Waals surface area (Å²) in [4.78, 5) is 1.24. The predicted molar refractivity (Wildman–Crippen MR) is 88.8 cm³/mol. The number of rotatable bonds is 4. The van der Waals surface area contributed by atoms with E-state index in [1.165, 1.54) is 21.6 Å². The molecule has 0 unspecified atom stereocenters. The largest absolute Gasteiger partial charge is 0.387 e. The van der Waals surface area contributed by atoms with E-state index in [1.54, 1.807) is 11.8 Å². The normalized spacial score (nSPS) is 24.0. The molecular formula is C18H21NOS. The number of thioether (sulfide) groups is 1. The Hall–Kier alpha value is -1.29. The lowest BCUT2D eigenvalue weighted by Gasteiger charge is -2.30. The lowest BCUT2D eigenvalue weighted by atomic mass is 10.0. The van der Waals surface area contributed by atoms with Crippen molar-refractivity contribution in [1.29, 1.82) is 0 Å². The number of fused-ring (bicyclic) bond motifs is 1. The molecule has 0 radical (unpaired) electrons.